The van der Waals surface area contributed by atoms with Crippen molar-refractivity contribution < 1.29 is 36.7 Å². The number of Topliss-reactive ketones (excluding diaryl/α,β-unsaturated/α-hetero) is 1. The lowest BCUT2D eigenvalue weighted by molar-refractivity contribution is -0.144. The number of rotatable bonds is 10. The maximum Gasteiger partial charge on any atom is 0.309 e. The van der Waals surface area contributed by atoms with Gasteiger partial charge in [0.2, 0.25) is 5.89 Å². The molecule has 0 radical (unpaired) electrons. The lowest BCUT2D eigenvalue weighted by atomic mass is 9.85. The van der Waals surface area contributed by atoms with Crippen LogP contribution in [0.25, 0.3) is 11.1 Å². The Morgan fingerprint density at radius 1 is 1.21 bits per heavy atom. The van der Waals surface area contributed by atoms with E-state index in [0.717, 1.165) is 6.07 Å². The number of halogens is 5. The summed E-state index contributed by atoms with van der Waals surface area (Å²) in [6.07, 6.45) is -1.62. The normalized spacial score (nSPS) is 15.2. The highest BCUT2D eigenvalue weighted by Crippen LogP contribution is 2.40. The fourth-order valence-corrected chi connectivity index (χ4v) is 4.41. The van der Waals surface area contributed by atoms with Crippen molar-refractivity contribution in [2.45, 2.75) is 38.2 Å². The first kappa shape index (κ1) is 27.8. The Kier molecular flexibility index (Phi) is 8.24. The highest BCUT2D eigenvalue weighted by Gasteiger charge is 2.48. The zero-order chi connectivity index (χ0) is 27.6. The number of pyridine rings is 1. The summed E-state index contributed by atoms with van der Waals surface area (Å²) in [5.74, 6) is -2.75. The van der Waals surface area contributed by atoms with Gasteiger partial charge in [-0.05, 0) is 18.2 Å². The molecule has 1 aliphatic rings. The molecule has 2 aromatic heterocycles. The number of aryl methyl sites for hydroxylation is 1. The van der Waals surface area contributed by atoms with Crippen LogP contribution in [0.15, 0.2) is 28.8 Å². The Balaban J connectivity index is 1.52. The molecule has 0 spiro atoms. The van der Waals surface area contributed by atoms with E-state index < -0.39 is 42.0 Å². The quantitative estimate of drug-likeness (QED) is 0.368. The maximum absolute atomic E-state index is 15.2. The van der Waals surface area contributed by atoms with E-state index in [9.17, 15) is 18.4 Å². The lowest BCUT2D eigenvalue weighted by Gasteiger charge is -2.40. The number of ether oxygens (including phenoxy) is 2. The topological polar surface area (TPSA) is 116 Å². The number of amides is 1. The van der Waals surface area contributed by atoms with E-state index in [1.165, 1.54) is 25.3 Å². The van der Waals surface area contributed by atoms with Gasteiger partial charge in [0.05, 0.1) is 23.9 Å². The van der Waals surface area contributed by atoms with Crippen LogP contribution in [-0.2, 0) is 9.53 Å². The van der Waals surface area contributed by atoms with E-state index in [1.54, 1.807) is 6.92 Å². The van der Waals surface area contributed by atoms with E-state index in [0.29, 0.717) is 0 Å². The van der Waals surface area contributed by atoms with Crippen molar-refractivity contribution in [1.82, 2.24) is 20.5 Å². The highest BCUT2D eigenvalue weighted by molar-refractivity contribution is 6.36. The third kappa shape index (κ3) is 5.92. The van der Waals surface area contributed by atoms with Crippen LogP contribution in [0.3, 0.4) is 0 Å². The Morgan fingerprint density at radius 3 is 2.53 bits per heavy atom. The van der Waals surface area contributed by atoms with Gasteiger partial charge < -0.3 is 19.2 Å². The predicted octanol–water partition coefficient (Wildman–Crippen LogP) is 4.79. The SMILES string of the molecule is Cc1nnc(C(=O)NC2(C(=O)C[C@H](C)c3ncc(-c4cc(Cl)cc(Cl)c4OCC(F)F)cc3F)COC2)o1. The first-order valence-corrected chi connectivity index (χ1v) is 12.0. The Bertz CT molecular complexity index is 1370. The molecule has 0 aliphatic carbocycles. The van der Waals surface area contributed by atoms with Crippen molar-refractivity contribution in [1.29, 1.82) is 0 Å². The molecule has 3 aromatic rings. The second-order valence-corrected chi connectivity index (χ2v) is 9.58. The van der Waals surface area contributed by atoms with Crippen molar-refractivity contribution in [3.63, 3.8) is 0 Å². The molecule has 1 aliphatic heterocycles. The molecule has 1 aromatic carbocycles. The molecular weight excluding hydrogens is 552 g/mol. The largest absolute Gasteiger partial charge is 0.485 e. The first-order chi connectivity index (χ1) is 18.0. The van der Waals surface area contributed by atoms with E-state index in [2.05, 4.69) is 20.5 Å². The summed E-state index contributed by atoms with van der Waals surface area (Å²) >= 11 is 12.2. The summed E-state index contributed by atoms with van der Waals surface area (Å²) in [6.45, 7) is 2.07. The molecule has 202 valence electrons. The summed E-state index contributed by atoms with van der Waals surface area (Å²) in [6, 6.07) is 3.84. The molecular formula is C24H21Cl2F3N4O5. The van der Waals surface area contributed by atoms with Crippen molar-refractivity contribution >= 4 is 34.9 Å². The van der Waals surface area contributed by atoms with Crippen molar-refractivity contribution in [3.8, 4) is 16.9 Å². The van der Waals surface area contributed by atoms with Crippen LogP contribution >= 0.6 is 23.2 Å². The second-order valence-electron chi connectivity index (χ2n) is 8.74. The molecule has 0 bridgehead atoms. The van der Waals surface area contributed by atoms with Crippen LogP contribution in [0.4, 0.5) is 13.2 Å². The summed E-state index contributed by atoms with van der Waals surface area (Å²) in [4.78, 5) is 29.8. The van der Waals surface area contributed by atoms with Gasteiger partial charge in [-0.2, -0.15) is 0 Å². The first-order valence-electron chi connectivity index (χ1n) is 11.3. The summed E-state index contributed by atoms with van der Waals surface area (Å²) in [5, 5.41) is 9.96. The van der Waals surface area contributed by atoms with Crippen LogP contribution in [0.1, 0.15) is 41.5 Å². The van der Waals surface area contributed by atoms with Crippen LogP contribution in [0, 0.1) is 12.7 Å². The fourth-order valence-electron chi connectivity index (χ4n) is 3.86. The van der Waals surface area contributed by atoms with Gasteiger partial charge >= 0.3 is 11.8 Å². The number of hydrogen-bond donors (Lipinski definition) is 1. The van der Waals surface area contributed by atoms with Gasteiger partial charge in [0.25, 0.3) is 6.43 Å². The van der Waals surface area contributed by atoms with Crippen LogP contribution in [-0.4, -0.2) is 58.7 Å². The molecule has 4 rings (SSSR count). The van der Waals surface area contributed by atoms with Crippen molar-refractivity contribution in [2.75, 3.05) is 19.8 Å². The fraction of sp³-hybridized carbons (Fsp3) is 0.375. The predicted molar refractivity (Wildman–Crippen MR) is 129 cm³/mol. The number of aromatic nitrogens is 3. The number of carbonyl (C=O) groups excluding carboxylic acids is 2. The number of hydrogen-bond acceptors (Lipinski definition) is 8. The van der Waals surface area contributed by atoms with E-state index in [4.69, 9.17) is 37.1 Å². The average Bonchev–Trinajstić information content (AvgIpc) is 3.26. The summed E-state index contributed by atoms with van der Waals surface area (Å²) in [5.41, 5.74) is -0.975. The zero-order valence-electron chi connectivity index (χ0n) is 20.1. The Labute approximate surface area is 224 Å². The number of ketones is 1. The van der Waals surface area contributed by atoms with Gasteiger partial charge in [0.15, 0.2) is 5.78 Å². The Morgan fingerprint density at radius 2 is 1.95 bits per heavy atom. The summed E-state index contributed by atoms with van der Waals surface area (Å²) < 4.78 is 56.0. The number of alkyl halides is 2. The average molecular weight is 573 g/mol. The molecule has 1 atom stereocenters. The minimum atomic E-state index is -2.75. The van der Waals surface area contributed by atoms with Gasteiger partial charge in [-0.15, -0.1) is 10.2 Å². The monoisotopic (exact) mass is 572 g/mol. The third-order valence-corrected chi connectivity index (χ3v) is 6.30. The zero-order valence-corrected chi connectivity index (χ0v) is 21.6. The third-order valence-electron chi connectivity index (χ3n) is 5.80. The number of nitrogens with zero attached hydrogens (tertiary/aromatic N) is 3. The molecule has 14 heteroatoms. The molecule has 0 unspecified atom stereocenters. The molecule has 3 heterocycles. The van der Waals surface area contributed by atoms with Crippen LogP contribution in [0.5, 0.6) is 5.75 Å². The smallest absolute Gasteiger partial charge is 0.309 e. The number of carbonyl (C=O) groups is 2. The van der Waals surface area contributed by atoms with E-state index in [1.807, 2.05) is 0 Å². The van der Waals surface area contributed by atoms with E-state index >= 15 is 4.39 Å². The van der Waals surface area contributed by atoms with Gasteiger partial charge in [-0.1, -0.05) is 30.1 Å². The van der Waals surface area contributed by atoms with Gasteiger partial charge in [0, 0.05) is 41.6 Å². The highest BCUT2D eigenvalue weighted by atomic mass is 35.5. The minimum absolute atomic E-state index is 0.0143. The number of nitrogens with one attached hydrogen (secondary N) is 1. The summed E-state index contributed by atoms with van der Waals surface area (Å²) in [7, 11) is 0. The molecule has 0 saturated carbocycles. The molecule has 1 amide bonds. The van der Waals surface area contributed by atoms with Gasteiger partial charge in [-0.25, -0.2) is 13.2 Å². The van der Waals surface area contributed by atoms with E-state index in [-0.39, 0.29) is 64.0 Å². The lowest BCUT2D eigenvalue weighted by Crippen LogP contribution is -2.67. The van der Waals surface area contributed by atoms with Crippen molar-refractivity contribution in [2.24, 2.45) is 0 Å². The molecule has 1 N–H and O–H groups in total. The standard InChI is InChI=1S/C24H21Cl2F3N4O5/c1-11(3-18(34)24(9-36-10-24)31-22(35)23-33-32-12(2)38-23)20-17(27)4-13(7-30-20)15-5-14(25)6-16(26)21(15)37-8-19(28)29/h4-7,11,19H,3,8-10H2,1-2H3,(H,31,35)/t11-/m0/s1. The molecule has 1 fully saturated rings. The molecule has 9 nitrogen and oxygen atoms in total. The van der Waals surface area contributed by atoms with Crippen LogP contribution < -0.4 is 10.1 Å². The van der Waals surface area contributed by atoms with Crippen LogP contribution in [0.2, 0.25) is 10.0 Å². The molecule has 38 heavy (non-hydrogen) atoms. The van der Waals surface area contributed by atoms with Gasteiger partial charge in [0.1, 0.15) is 23.7 Å². The maximum atomic E-state index is 15.2. The number of benzene rings is 1. The second kappa shape index (κ2) is 11.3. The molecule has 1 saturated heterocycles. The van der Waals surface area contributed by atoms with Crippen molar-refractivity contribution in [3.05, 3.63) is 57.7 Å². The van der Waals surface area contributed by atoms with Gasteiger partial charge in [-0.3, -0.25) is 14.6 Å². The Hall–Kier alpha value is -3.22. The minimum Gasteiger partial charge on any atom is -0.485 e.